The van der Waals surface area contributed by atoms with Gasteiger partial charge in [0, 0.05) is 19.2 Å². The number of aromatic nitrogens is 1. The molecule has 0 unspecified atom stereocenters. The fourth-order valence-electron chi connectivity index (χ4n) is 3.35. The van der Waals surface area contributed by atoms with Gasteiger partial charge in [-0.25, -0.2) is 17.5 Å². The molecule has 3 rings (SSSR count). The van der Waals surface area contributed by atoms with Gasteiger partial charge in [-0.2, -0.15) is 4.99 Å². The van der Waals surface area contributed by atoms with E-state index in [4.69, 9.17) is 9.47 Å². The van der Waals surface area contributed by atoms with Crippen LogP contribution in [0.15, 0.2) is 52.4 Å². The van der Waals surface area contributed by atoms with Crippen LogP contribution in [0, 0.1) is 0 Å². The van der Waals surface area contributed by atoms with Crippen molar-refractivity contribution in [3.8, 4) is 0 Å². The molecule has 1 heterocycles. The summed E-state index contributed by atoms with van der Waals surface area (Å²) >= 11 is 1.12. The molecule has 1 amide bonds. The van der Waals surface area contributed by atoms with Gasteiger partial charge in [0.25, 0.3) is 5.91 Å². The first-order valence-corrected chi connectivity index (χ1v) is 13.3. The van der Waals surface area contributed by atoms with E-state index in [1.54, 1.807) is 18.2 Å². The van der Waals surface area contributed by atoms with E-state index in [2.05, 4.69) is 4.99 Å². The van der Waals surface area contributed by atoms with Gasteiger partial charge in [0.05, 0.1) is 34.9 Å². The summed E-state index contributed by atoms with van der Waals surface area (Å²) < 4.78 is 38.4. The van der Waals surface area contributed by atoms with Crippen LogP contribution in [0.3, 0.4) is 0 Å². The quantitative estimate of drug-likeness (QED) is 0.387. The van der Waals surface area contributed by atoms with Crippen LogP contribution in [0.25, 0.3) is 10.2 Å². The van der Waals surface area contributed by atoms with E-state index in [0.717, 1.165) is 24.2 Å². The SMILES string of the molecule is CCCCN(C)S(=O)(=O)c1ccc(C(=O)N=c2sc3cc(C(=O)OC)ccc3n2CC(=O)OC)cc1. The number of hydrogen-bond acceptors (Lipinski definition) is 8. The summed E-state index contributed by atoms with van der Waals surface area (Å²) in [6.45, 7) is 2.19. The zero-order valence-electron chi connectivity index (χ0n) is 20.4. The van der Waals surface area contributed by atoms with Crippen LogP contribution in [0.4, 0.5) is 0 Å². The summed E-state index contributed by atoms with van der Waals surface area (Å²) in [5, 5.41) is 0. The van der Waals surface area contributed by atoms with Gasteiger partial charge in [-0.1, -0.05) is 24.7 Å². The molecule has 1 aromatic heterocycles. The number of carbonyl (C=O) groups excluding carboxylic acids is 3. The van der Waals surface area contributed by atoms with Gasteiger partial charge < -0.3 is 14.0 Å². The predicted octanol–water partition coefficient (Wildman–Crippen LogP) is 2.82. The normalized spacial score (nSPS) is 12.2. The third-order valence-electron chi connectivity index (χ3n) is 5.45. The number of carbonyl (C=O) groups is 3. The molecule has 0 spiro atoms. The minimum atomic E-state index is -3.67. The van der Waals surface area contributed by atoms with Gasteiger partial charge in [-0.05, 0) is 48.9 Å². The van der Waals surface area contributed by atoms with Gasteiger partial charge in [0.2, 0.25) is 10.0 Å². The molecular weight excluding hydrogens is 506 g/mol. The largest absolute Gasteiger partial charge is 0.468 e. The summed E-state index contributed by atoms with van der Waals surface area (Å²) in [5.74, 6) is -1.67. The lowest BCUT2D eigenvalue weighted by molar-refractivity contribution is -0.141. The first kappa shape index (κ1) is 27.2. The van der Waals surface area contributed by atoms with Crippen molar-refractivity contribution in [2.75, 3.05) is 27.8 Å². The van der Waals surface area contributed by atoms with Gasteiger partial charge >= 0.3 is 11.9 Å². The van der Waals surface area contributed by atoms with Crippen LogP contribution in [0.5, 0.6) is 0 Å². The fourth-order valence-corrected chi connectivity index (χ4v) is 5.63. The molecule has 192 valence electrons. The van der Waals surface area contributed by atoms with Crippen molar-refractivity contribution in [1.29, 1.82) is 0 Å². The van der Waals surface area contributed by atoms with Gasteiger partial charge in [0.1, 0.15) is 6.54 Å². The molecule has 0 saturated heterocycles. The lowest BCUT2D eigenvalue weighted by atomic mass is 10.2. The van der Waals surface area contributed by atoms with Crippen molar-refractivity contribution in [3.63, 3.8) is 0 Å². The van der Waals surface area contributed by atoms with E-state index in [-0.39, 0.29) is 21.8 Å². The number of thiazole rings is 1. The zero-order chi connectivity index (χ0) is 26.5. The molecule has 0 fully saturated rings. The van der Waals surface area contributed by atoms with Crippen LogP contribution >= 0.6 is 11.3 Å². The molecule has 0 radical (unpaired) electrons. The maximum Gasteiger partial charge on any atom is 0.337 e. The molecule has 36 heavy (non-hydrogen) atoms. The molecule has 3 aromatic rings. The molecule has 0 aliphatic heterocycles. The molecule has 12 heteroatoms. The Balaban J connectivity index is 1.99. The van der Waals surface area contributed by atoms with E-state index < -0.39 is 27.9 Å². The maximum atomic E-state index is 12.9. The van der Waals surface area contributed by atoms with Gasteiger partial charge in [-0.15, -0.1) is 0 Å². The number of benzene rings is 2. The number of nitrogens with zero attached hydrogens (tertiary/aromatic N) is 3. The summed E-state index contributed by atoms with van der Waals surface area (Å²) in [5.41, 5.74) is 1.08. The Kier molecular flexibility index (Phi) is 8.77. The first-order chi connectivity index (χ1) is 17.1. The highest BCUT2D eigenvalue weighted by atomic mass is 32.2. The number of fused-ring (bicyclic) bond motifs is 1. The monoisotopic (exact) mass is 533 g/mol. The Morgan fingerprint density at radius 3 is 2.31 bits per heavy atom. The Labute approximate surface area is 212 Å². The molecule has 0 saturated carbocycles. The second-order valence-corrected chi connectivity index (χ2v) is 10.9. The van der Waals surface area contributed by atoms with Crippen molar-refractivity contribution in [2.24, 2.45) is 4.99 Å². The van der Waals surface area contributed by atoms with Crippen molar-refractivity contribution in [2.45, 2.75) is 31.2 Å². The third-order valence-corrected chi connectivity index (χ3v) is 8.36. The number of hydrogen-bond donors (Lipinski definition) is 0. The van der Waals surface area contributed by atoms with Crippen molar-refractivity contribution >= 4 is 49.4 Å². The average Bonchev–Trinajstić information content (AvgIpc) is 3.22. The van der Waals surface area contributed by atoms with E-state index >= 15 is 0 Å². The number of rotatable bonds is 9. The molecule has 0 bridgehead atoms. The zero-order valence-corrected chi connectivity index (χ0v) is 22.0. The average molecular weight is 534 g/mol. The van der Waals surface area contributed by atoms with Gasteiger partial charge in [0.15, 0.2) is 4.80 Å². The Morgan fingerprint density at radius 1 is 1.03 bits per heavy atom. The van der Waals surface area contributed by atoms with Crippen LogP contribution in [-0.2, 0) is 30.8 Å². The summed E-state index contributed by atoms with van der Waals surface area (Å²) in [6.07, 6.45) is 1.61. The Hall–Kier alpha value is -3.35. The summed E-state index contributed by atoms with van der Waals surface area (Å²) in [6, 6.07) is 10.3. The lowest BCUT2D eigenvalue weighted by Gasteiger charge is -2.16. The van der Waals surface area contributed by atoms with Crippen molar-refractivity contribution < 1.29 is 32.3 Å². The van der Waals surface area contributed by atoms with Crippen LogP contribution in [0.1, 0.15) is 40.5 Å². The number of methoxy groups -OCH3 is 2. The second-order valence-electron chi connectivity index (χ2n) is 7.84. The van der Waals surface area contributed by atoms with Crippen LogP contribution in [-0.4, -0.2) is 62.9 Å². The van der Waals surface area contributed by atoms with E-state index in [1.165, 1.54) is 54.4 Å². The molecule has 2 aromatic carbocycles. The highest BCUT2D eigenvalue weighted by molar-refractivity contribution is 7.89. The van der Waals surface area contributed by atoms with E-state index in [1.807, 2.05) is 6.92 Å². The molecule has 10 nitrogen and oxygen atoms in total. The third kappa shape index (κ3) is 5.89. The highest BCUT2D eigenvalue weighted by Gasteiger charge is 2.21. The van der Waals surface area contributed by atoms with E-state index in [0.29, 0.717) is 22.3 Å². The van der Waals surface area contributed by atoms with Gasteiger partial charge in [-0.3, -0.25) is 9.59 Å². The standard InChI is InChI=1S/C24H27N3O7S2/c1-5-6-13-26(2)36(31,32)18-10-7-16(8-11-18)22(29)25-24-27(15-21(28)33-3)19-12-9-17(23(30)34-4)14-20(19)35-24/h7-12,14H,5-6,13,15H2,1-4H3. The van der Waals surface area contributed by atoms with Crippen LogP contribution in [0.2, 0.25) is 0 Å². The van der Waals surface area contributed by atoms with Crippen LogP contribution < -0.4 is 4.80 Å². The minimum absolute atomic E-state index is 0.0793. The van der Waals surface area contributed by atoms with Crippen molar-refractivity contribution in [3.05, 3.63) is 58.4 Å². The fraction of sp³-hybridized carbons (Fsp3) is 0.333. The molecule has 0 atom stereocenters. The minimum Gasteiger partial charge on any atom is -0.468 e. The highest BCUT2D eigenvalue weighted by Crippen LogP contribution is 2.21. The first-order valence-electron chi connectivity index (χ1n) is 11.1. The topological polar surface area (TPSA) is 124 Å². The Morgan fingerprint density at radius 2 is 1.69 bits per heavy atom. The molecule has 0 N–H and O–H groups in total. The lowest BCUT2D eigenvalue weighted by Crippen LogP contribution is -2.27. The smallest absolute Gasteiger partial charge is 0.337 e. The second kappa shape index (κ2) is 11.6. The van der Waals surface area contributed by atoms with E-state index in [9.17, 15) is 22.8 Å². The number of unbranched alkanes of at least 4 members (excludes halogenated alkanes) is 1. The number of amides is 1. The predicted molar refractivity (Wildman–Crippen MR) is 134 cm³/mol. The summed E-state index contributed by atoms with van der Waals surface area (Å²) in [4.78, 5) is 41.3. The maximum absolute atomic E-state index is 12.9. The Bertz CT molecular complexity index is 1460. The molecular formula is C24H27N3O7S2. The molecule has 0 aliphatic rings. The van der Waals surface area contributed by atoms with Crippen molar-refractivity contribution in [1.82, 2.24) is 8.87 Å². The number of esters is 2. The number of sulfonamides is 1. The number of ether oxygens (including phenoxy) is 2. The molecule has 0 aliphatic carbocycles. The summed E-state index contributed by atoms with van der Waals surface area (Å²) in [7, 11) is 0.384.